The Morgan fingerprint density at radius 1 is 0.909 bits per heavy atom. The van der Waals surface area contributed by atoms with E-state index in [9.17, 15) is 9.59 Å². The Bertz CT molecular complexity index is 296. The summed E-state index contributed by atoms with van der Waals surface area (Å²) in [6.07, 6.45) is 9.13. The fourth-order valence-electron chi connectivity index (χ4n) is 2.06. The van der Waals surface area contributed by atoms with Gasteiger partial charge in [0.1, 0.15) is 0 Å². The quantitative estimate of drug-likeness (QED) is 0.201. The first-order valence-electron chi connectivity index (χ1n) is 8.19. The number of unbranched alkanes of at least 4 members (excludes halogenated alkanes) is 8. The molecule has 0 rings (SSSR count). The van der Waals surface area contributed by atoms with Crippen molar-refractivity contribution in [1.82, 2.24) is 0 Å². The van der Waals surface area contributed by atoms with Gasteiger partial charge < -0.3 is 14.2 Å². The van der Waals surface area contributed by atoms with Gasteiger partial charge in [-0.1, -0.05) is 69.9 Å². The van der Waals surface area contributed by atoms with Crippen LogP contribution < -0.4 is 0 Å². The number of carbonyl (C=O) groups excluding carboxylic acids is 2. The lowest BCUT2D eigenvalue weighted by Crippen LogP contribution is -2.22. The van der Waals surface area contributed by atoms with Crippen molar-refractivity contribution < 1.29 is 23.8 Å². The molecule has 0 aromatic carbocycles. The molecule has 0 aromatic heterocycles. The third-order valence-corrected chi connectivity index (χ3v) is 3.33. The second kappa shape index (κ2) is 14.9. The summed E-state index contributed by atoms with van der Waals surface area (Å²) in [7, 11) is 0. The Balaban J connectivity index is 3.44. The molecule has 0 radical (unpaired) electrons. The maximum Gasteiger partial charge on any atom is 0.512 e. The van der Waals surface area contributed by atoms with E-state index in [2.05, 4.69) is 16.4 Å². The largest absolute Gasteiger partial charge is 0.512 e. The van der Waals surface area contributed by atoms with Gasteiger partial charge in [-0.05, 0) is 6.42 Å². The van der Waals surface area contributed by atoms with Crippen LogP contribution in [0.1, 0.15) is 78.1 Å². The maximum absolute atomic E-state index is 11.5. The van der Waals surface area contributed by atoms with Gasteiger partial charge >= 0.3 is 12.1 Å². The van der Waals surface area contributed by atoms with Gasteiger partial charge in [0.25, 0.3) is 0 Å². The predicted octanol–water partition coefficient (Wildman–Crippen LogP) is 5.15. The van der Waals surface area contributed by atoms with Crippen molar-refractivity contribution >= 4 is 23.7 Å². The van der Waals surface area contributed by atoms with Crippen LogP contribution in [0, 0.1) is 0 Å². The first kappa shape index (κ1) is 21.0. The smallest absolute Gasteiger partial charge is 0.425 e. The van der Waals surface area contributed by atoms with Crippen LogP contribution in [0.15, 0.2) is 0 Å². The second-order valence-electron chi connectivity index (χ2n) is 5.26. The van der Waals surface area contributed by atoms with Crippen molar-refractivity contribution in [2.45, 2.75) is 84.3 Å². The highest BCUT2D eigenvalue weighted by Crippen LogP contribution is 2.11. The Labute approximate surface area is 138 Å². The third kappa shape index (κ3) is 14.0. The van der Waals surface area contributed by atoms with Gasteiger partial charge in [0.15, 0.2) is 6.07 Å². The Morgan fingerprint density at radius 3 is 2.00 bits per heavy atom. The van der Waals surface area contributed by atoms with E-state index < -0.39 is 12.4 Å². The highest BCUT2D eigenvalue weighted by Gasteiger charge is 2.14. The molecule has 0 amide bonds. The van der Waals surface area contributed by atoms with Gasteiger partial charge in [-0.2, -0.15) is 0 Å². The van der Waals surface area contributed by atoms with Crippen LogP contribution >= 0.6 is 11.6 Å². The average Bonchev–Trinajstić information content (AvgIpc) is 2.45. The minimum Gasteiger partial charge on any atom is -0.425 e. The second-order valence-corrected chi connectivity index (χ2v) is 5.48. The minimum absolute atomic E-state index is 0.294. The zero-order valence-electron chi connectivity index (χ0n) is 13.8. The first-order chi connectivity index (χ1) is 10.6. The Morgan fingerprint density at radius 2 is 1.45 bits per heavy atom. The van der Waals surface area contributed by atoms with Gasteiger partial charge in [0.05, 0.1) is 0 Å². The monoisotopic (exact) mass is 336 g/mol. The van der Waals surface area contributed by atoms with Crippen molar-refractivity contribution in [2.24, 2.45) is 0 Å². The summed E-state index contributed by atoms with van der Waals surface area (Å²) in [5.41, 5.74) is 0. The molecule has 22 heavy (non-hydrogen) atoms. The highest BCUT2D eigenvalue weighted by atomic mass is 35.5. The fraction of sp³-hybridized carbons (Fsp3) is 0.875. The molecule has 0 fully saturated rings. The molecule has 1 unspecified atom stereocenters. The molecule has 0 saturated carbocycles. The van der Waals surface area contributed by atoms with Crippen molar-refractivity contribution in [3.05, 3.63) is 0 Å². The molecule has 0 saturated heterocycles. The van der Waals surface area contributed by atoms with E-state index in [1.165, 1.54) is 45.4 Å². The molecular weight excluding hydrogens is 308 g/mol. The number of hydrogen-bond donors (Lipinski definition) is 0. The minimum atomic E-state index is -0.957. The third-order valence-electron chi connectivity index (χ3n) is 3.22. The van der Waals surface area contributed by atoms with Crippen LogP contribution in [0.5, 0.6) is 0 Å². The SMILES string of the molecule is CCCCCCCCCCCC(=O)OC(C)OC(=O)OCCl. The van der Waals surface area contributed by atoms with Crippen LogP contribution in [-0.2, 0) is 19.0 Å². The van der Waals surface area contributed by atoms with E-state index >= 15 is 0 Å². The van der Waals surface area contributed by atoms with Crippen LogP contribution in [0.25, 0.3) is 0 Å². The zero-order valence-corrected chi connectivity index (χ0v) is 14.5. The number of esters is 1. The van der Waals surface area contributed by atoms with Crippen LogP contribution in [-0.4, -0.2) is 24.5 Å². The molecule has 130 valence electrons. The summed E-state index contributed by atoms with van der Waals surface area (Å²) in [5.74, 6) is -0.367. The van der Waals surface area contributed by atoms with Crippen molar-refractivity contribution in [1.29, 1.82) is 0 Å². The van der Waals surface area contributed by atoms with Gasteiger partial charge in [-0.15, -0.1) is 0 Å². The van der Waals surface area contributed by atoms with Gasteiger partial charge in [-0.25, -0.2) is 4.79 Å². The normalized spacial score (nSPS) is 11.8. The molecule has 1 atom stereocenters. The van der Waals surface area contributed by atoms with Gasteiger partial charge in [0, 0.05) is 13.3 Å². The topological polar surface area (TPSA) is 61.8 Å². The summed E-state index contributed by atoms with van der Waals surface area (Å²) >= 11 is 5.20. The lowest BCUT2D eigenvalue weighted by molar-refractivity contribution is -0.167. The van der Waals surface area contributed by atoms with Crippen LogP contribution in [0.3, 0.4) is 0 Å². The predicted molar refractivity (Wildman–Crippen MR) is 85.7 cm³/mol. The van der Waals surface area contributed by atoms with E-state index in [0.29, 0.717) is 6.42 Å². The summed E-state index contributed by atoms with van der Waals surface area (Å²) in [4.78, 5) is 22.5. The van der Waals surface area contributed by atoms with Crippen LogP contribution in [0.4, 0.5) is 4.79 Å². The average molecular weight is 337 g/mol. The molecule has 0 bridgehead atoms. The van der Waals surface area contributed by atoms with Crippen molar-refractivity contribution in [2.75, 3.05) is 6.07 Å². The number of rotatable bonds is 13. The molecule has 0 aliphatic carbocycles. The van der Waals surface area contributed by atoms with Gasteiger partial charge in [-0.3, -0.25) is 4.79 Å². The molecule has 0 heterocycles. The molecular formula is C16H29ClO5. The van der Waals surface area contributed by atoms with Crippen molar-refractivity contribution in [3.8, 4) is 0 Å². The van der Waals surface area contributed by atoms with Crippen molar-refractivity contribution in [3.63, 3.8) is 0 Å². The summed E-state index contributed by atoms with van der Waals surface area (Å²) in [5, 5.41) is 0. The lowest BCUT2D eigenvalue weighted by atomic mass is 10.1. The number of ether oxygens (including phenoxy) is 3. The fourth-order valence-corrected chi connectivity index (χ4v) is 2.15. The van der Waals surface area contributed by atoms with Gasteiger partial charge in [0.2, 0.25) is 6.29 Å². The molecule has 0 N–H and O–H groups in total. The highest BCUT2D eigenvalue weighted by molar-refractivity contribution is 6.17. The van der Waals surface area contributed by atoms with Crippen LogP contribution in [0.2, 0.25) is 0 Å². The molecule has 6 heteroatoms. The molecule has 5 nitrogen and oxygen atoms in total. The van der Waals surface area contributed by atoms with E-state index in [1.807, 2.05) is 0 Å². The first-order valence-corrected chi connectivity index (χ1v) is 8.72. The van der Waals surface area contributed by atoms with E-state index in [1.54, 1.807) is 0 Å². The summed E-state index contributed by atoms with van der Waals surface area (Å²) < 4.78 is 14.0. The molecule has 0 aliphatic heterocycles. The standard InChI is InChI=1S/C16H29ClO5/c1-3-4-5-6-7-8-9-10-11-12-15(18)21-14(2)22-16(19)20-13-17/h14H,3-13H2,1-2H3. The summed E-state index contributed by atoms with van der Waals surface area (Å²) in [6, 6.07) is -0.294. The maximum atomic E-state index is 11.5. The number of alkyl halides is 1. The van der Waals surface area contributed by atoms with E-state index in [-0.39, 0.29) is 12.0 Å². The van der Waals surface area contributed by atoms with E-state index in [0.717, 1.165) is 19.3 Å². The molecule has 0 aliphatic rings. The Hall–Kier alpha value is -0.970. The molecule has 0 spiro atoms. The lowest BCUT2D eigenvalue weighted by Gasteiger charge is -2.13. The number of carbonyl (C=O) groups is 2. The number of hydrogen-bond acceptors (Lipinski definition) is 5. The zero-order chi connectivity index (χ0) is 16.6. The molecule has 0 aromatic rings. The number of halogens is 1. The summed E-state index contributed by atoms with van der Waals surface area (Å²) in [6.45, 7) is 3.68. The van der Waals surface area contributed by atoms with E-state index in [4.69, 9.17) is 16.3 Å². The Kier molecular flexibility index (Phi) is 14.3.